The van der Waals surface area contributed by atoms with Crippen molar-refractivity contribution in [3.8, 4) is 11.5 Å². The SMILES string of the molecule is CCOc1ccccc1OCC(=O)OC1CCCCC1. The molecule has 4 nitrogen and oxygen atoms in total. The minimum absolute atomic E-state index is 0.0689. The van der Waals surface area contributed by atoms with E-state index in [0.717, 1.165) is 25.7 Å². The van der Waals surface area contributed by atoms with Crippen LogP contribution in [0.1, 0.15) is 39.0 Å². The Hall–Kier alpha value is -1.71. The lowest BCUT2D eigenvalue weighted by Gasteiger charge is -2.21. The number of carbonyl (C=O) groups is 1. The predicted octanol–water partition coefficient (Wildman–Crippen LogP) is 3.34. The molecular formula is C16H22O4. The lowest BCUT2D eigenvalue weighted by molar-refractivity contribution is -0.152. The fourth-order valence-corrected chi connectivity index (χ4v) is 2.38. The highest BCUT2D eigenvalue weighted by Crippen LogP contribution is 2.26. The van der Waals surface area contributed by atoms with E-state index < -0.39 is 0 Å². The molecule has 1 aliphatic rings. The van der Waals surface area contributed by atoms with Crippen LogP contribution in [-0.2, 0) is 9.53 Å². The molecule has 0 N–H and O–H groups in total. The van der Waals surface area contributed by atoms with Gasteiger partial charge in [0.25, 0.3) is 0 Å². The number of esters is 1. The fourth-order valence-electron chi connectivity index (χ4n) is 2.38. The summed E-state index contributed by atoms with van der Waals surface area (Å²) in [6, 6.07) is 7.34. The molecule has 0 amide bonds. The molecule has 1 saturated carbocycles. The zero-order valence-electron chi connectivity index (χ0n) is 12.0. The third kappa shape index (κ3) is 4.44. The van der Waals surface area contributed by atoms with E-state index >= 15 is 0 Å². The third-order valence-electron chi connectivity index (χ3n) is 3.34. The van der Waals surface area contributed by atoms with Crippen molar-refractivity contribution >= 4 is 5.97 Å². The first-order valence-corrected chi connectivity index (χ1v) is 7.33. The Labute approximate surface area is 120 Å². The fraction of sp³-hybridized carbons (Fsp3) is 0.562. The maximum atomic E-state index is 11.8. The molecule has 0 atom stereocenters. The molecule has 0 aromatic heterocycles. The van der Waals surface area contributed by atoms with Crippen molar-refractivity contribution in [2.45, 2.75) is 45.1 Å². The van der Waals surface area contributed by atoms with Gasteiger partial charge in [-0.1, -0.05) is 18.6 Å². The lowest BCUT2D eigenvalue weighted by Crippen LogP contribution is -2.24. The van der Waals surface area contributed by atoms with Gasteiger partial charge in [-0.2, -0.15) is 0 Å². The zero-order valence-corrected chi connectivity index (χ0v) is 12.0. The minimum atomic E-state index is -0.303. The van der Waals surface area contributed by atoms with Crippen LogP contribution < -0.4 is 9.47 Å². The molecule has 0 bridgehead atoms. The van der Waals surface area contributed by atoms with Crippen LogP contribution in [0, 0.1) is 0 Å². The molecule has 0 aliphatic heterocycles. The summed E-state index contributed by atoms with van der Waals surface area (Å²) in [5, 5.41) is 0. The first-order chi connectivity index (χ1) is 9.79. The molecule has 0 saturated heterocycles. The van der Waals surface area contributed by atoms with E-state index in [9.17, 15) is 4.79 Å². The van der Waals surface area contributed by atoms with Crippen LogP contribution in [0.15, 0.2) is 24.3 Å². The van der Waals surface area contributed by atoms with Crippen LogP contribution in [-0.4, -0.2) is 25.3 Å². The average Bonchev–Trinajstić information content (AvgIpc) is 2.48. The molecule has 1 aliphatic carbocycles. The second-order valence-electron chi connectivity index (χ2n) is 4.92. The van der Waals surface area contributed by atoms with Crippen LogP contribution in [0.2, 0.25) is 0 Å². The number of hydrogen-bond donors (Lipinski definition) is 0. The van der Waals surface area contributed by atoms with Crippen molar-refractivity contribution < 1.29 is 19.0 Å². The largest absolute Gasteiger partial charge is 0.490 e. The number of hydrogen-bond acceptors (Lipinski definition) is 4. The van der Waals surface area contributed by atoms with Crippen molar-refractivity contribution in [2.75, 3.05) is 13.2 Å². The van der Waals surface area contributed by atoms with Gasteiger partial charge in [0, 0.05) is 0 Å². The quantitative estimate of drug-likeness (QED) is 0.749. The summed E-state index contributed by atoms with van der Waals surface area (Å²) in [6.07, 6.45) is 5.55. The van der Waals surface area contributed by atoms with E-state index in [-0.39, 0.29) is 18.7 Å². The summed E-state index contributed by atoms with van der Waals surface area (Å²) >= 11 is 0. The second kappa shape index (κ2) is 7.78. The smallest absolute Gasteiger partial charge is 0.344 e. The van der Waals surface area contributed by atoms with Crippen LogP contribution >= 0.6 is 0 Å². The zero-order chi connectivity index (χ0) is 14.2. The van der Waals surface area contributed by atoms with Crippen LogP contribution in [0.4, 0.5) is 0 Å². The van der Waals surface area contributed by atoms with Gasteiger partial charge < -0.3 is 14.2 Å². The van der Waals surface area contributed by atoms with E-state index in [1.54, 1.807) is 6.07 Å². The Morgan fingerprint density at radius 2 is 1.75 bits per heavy atom. The van der Waals surface area contributed by atoms with E-state index in [1.807, 2.05) is 25.1 Å². The summed E-state index contributed by atoms with van der Waals surface area (Å²) < 4.78 is 16.3. The molecule has 4 heteroatoms. The van der Waals surface area contributed by atoms with Crippen LogP contribution in [0.5, 0.6) is 11.5 Å². The number of benzene rings is 1. The van der Waals surface area contributed by atoms with E-state index in [2.05, 4.69) is 0 Å². The van der Waals surface area contributed by atoms with Gasteiger partial charge in [0.05, 0.1) is 6.61 Å². The monoisotopic (exact) mass is 278 g/mol. The number of rotatable bonds is 6. The molecular weight excluding hydrogens is 256 g/mol. The highest BCUT2D eigenvalue weighted by molar-refractivity contribution is 5.71. The minimum Gasteiger partial charge on any atom is -0.490 e. The van der Waals surface area contributed by atoms with Gasteiger partial charge in [-0.05, 0) is 44.7 Å². The molecule has 1 fully saturated rings. The van der Waals surface area contributed by atoms with Gasteiger partial charge >= 0.3 is 5.97 Å². The van der Waals surface area contributed by atoms with Gasteiger partial charge in [0.1, 0.15) is 6.10 Å². The standard InChI is InChI=1S/C16H22O4/c1-2-18-14-10-6-7-11-15(14)19-12-16(17)20-13-8-4-3-5-9-13/h6-7,10-11,13H,2-5,8-9,12H2,1H3. The van der Waals surface area contributed by atoms with Crippen molar-refractivity contribution in [1.29, 1.82) is 0 Å². The molecule has 110 valence electrons. The average molecular weight is 278 g/mol. The first-order valence-electron chi connectivity index (χ1n) is 7.33. The molecule has 0 spiro atoms. The van der Waals surface area contributed by atoms with E-state index in [4.69, 9.17) is 14.2 Å². The normalized spacial score (nSPS) is 15.7. The third-order valence-corrected chi connectivity index (χ3v) is 3.34. The maximum absolute atomic E-state index is 11.8. The Kier molecular flexibility index (Phi) is 5.71. The van der Waals surface area contributed by atoms with E-state index in [1.165, 1.54) is 6.42 Å². The van der Waals surface area contributed by atoms with Gasteiger partial charge in [0.2, 0.25) is 0 Å². The Morgan fingerprint density at radius 1 is 1.10 bits per heavy atom. The lowest BCUT2D eigenvalue weighted by atomic mass is 9.98. The summed E-state index contributed by atoms with van der Waals surface area (Å²) in [5.74, 6) is 0.929. The van der Waals surface area contributed by atoms with Crippen molar-refractivity contribution in [1.82, 2.24) is 0 Å². The predicted molar refractivity (Wildman–Crippen MR) is 76.1 cm³/mol. The first kappa shape index (κ1) is 14.7. The second-order valence-corrected chi connectivity index (χ2v) is 4.92. The van der Waals surface area contributed by atoms with Gasteiger partial charge in [0.15, 0.2) is 18.1 Å². The van der Waals surface area contributed by atoms with Crippen molar-refractivity contribution in [3.05, 3.63) is 24.3 Å². The number of carbonyl (C=O) groups excluding carboxylic acids is 1. The topological polar surface area (TPSA) is 44.8 Å². The Morgan fingerprint density at radius 3 is 2.40 bits per heavy atom. The van der Waals surface area contributed by atoms with Gasteiger partial charge in [-0.15, -0.1) is 0 Å². The van der Waals surface area contributed by atoms with Crippen molar-refractivity contribution in [2.24, 2.45) is 0 Å². The van der Waals surface area contributed by atoms with Gasteiger partial charge in [-0.25, -0.2) is 4.79 Å². The molecule has 1 aromatic carbocycles. The Bertz CT molecular complexity index is 424. The summed E-state index contributed by atoms with van der Waals surface area (Å²) in [5.41, 5.74) is 0. The summed E-state index contributed by atoms with van der Waals surface area (Å²) in [6.45, 7) is 2.40. The molecule has 0 radical (unpaired) electrons. The summed E-state index contributed by atoms with van der Waals surface area (Å²) in [7, 11) is 0. The van der Waals surface area contributed by atoms with Crippen molar-refractivity contribution in [3.63, 3.8) is 0 Å². The Balaban J connectivity index is 1.80. The number of para-hydroxylation sites is 2. The van der Waals surface area contributed by atoms with E-state index in [0.29, 0.717) is 18.1 Å². The maximum Gasteiger partial charge on any atom is 0.344 e. The van der Waals surface area contributed by atoms with Gasteiger partial charge in [-0.3, -0.25) is 0 Å². The molecule has 1 aromatic rings. The highest BCUT2D eigenvalue weighted by atomic mass is 16.6. The molecule has 0 unspecified atom stereocenters. The highest BCUT2D eigenvalue weighted by Gasteiger charge is 2.18. The molecule has 2 rings (SSSR count). The number of ether oxygens (including phenoxy) is 3. The summed E-state index contributed by atoms with van der Waals surface area (Å²) in [4.78, 5) is 11.8. The molecule has 0 heterocycles. The van der Waals surface area contributed by atoms with Crippen LogP contribution in [0.25, 0.3) is 0 Å². The van der Waals surface area contributed by atoms with Crippen LogP contribution in [0.3, 0.4) is 0 Å². The molecule has 20 heavy (non-hydrogen) atoms.